The summed E-state index contributed by atoms with van der Waals surface area (Å²) in [7, 11) is 0. The molecule has 0 aliphatic heterocycles. The van der Waals surface area contributed by atoms with Gasteiger partial charge in [0.15, 0.2) is 0 Å². The first kappa shape index (κ1) is 14.0. The molecule has 0 atom stereocenters. The number of carbonyl (C=O) groups is 1. The molecule has 4 heteroatoms. The Balaban J connectivity index is 2.69. The largest absolute Gasteiger partial charge is 0.493 e. The van der Waals surface area contributed by atoms with Crippen LogP contribution in [-0.2, 0) is 4.79 Å². The van der Waals surface area contributed by atoms with Crippen molar-refractivity contribution in [3.05, 3.63) is 27.2 Å². The molecule has 3 nitrogen and oxygen atoms in total. The zero-order valence-electron chi connectivity index (χ0n) is 10.3. The van der Waals surface area contributed by atoms with Gasteiger partial charge < -0.3 is 9.84 Å². The van der Waals surface area contributed by atoms with Gasteiger partial charge in [-0.15, -0.1) is 0 Å². The zero-order chi connectivity index (χ0) is 13.0. The predicted octanol–water partition coefficient (Wildman–Crippen LogP) is 3.62. The SMILES string of the molecule is Cc1cc(OCCCC(=O)O)c(C)c(C)c1Br. The van der Waals surface area contributed by atoms with Crippen LogP contribution in [0.5, 0.6) is 5.75 Å². The molecular weight excluding hydrogens is 284 g/mol. The van der Waals surface area contributed by atoms with Crippen molar-refractivity contribution in [2.24, 2.45) is 0 Å². The van der Waals surface area contributed by atoms with Crippen molar-refractivity contribution >= 4 is 21.9 Å². The van der Waals surface area contributed by atoms with E-state index in [2.05, 4.69) is 15.9 Å². The lowest BCUT2D eigenvalue weighted by atomic mass is 10.1. The van der Waals surface area contributed by atoms with E-state index < -0.39 is 5.97 Å². The minimum absolute atomic E-state index is 0.146. The van der Waals surface area contributed by atoms with Crippen molar-refractivity contribution in [2.45, 2.75) is 33.6 Å². The van der Waals surface area contributed by atoms with Crippen LogP contribution in [-0.4, -0.2) is 17.7 Å². The van der Waals surface area contributed by atoms with Gasteiger partial charge in [0, 0.05) is 10.9 Å². The van der Waals surface area contributed by atoms with E-state index in [0.717, 1.165) is 21.3 Å². The summed E-state index contributed by atoms with van der Waals surface area (Å²) in [5.41, 5.74) is 3.39. The minimum atomic E-state index is -0.784. The number of benzene rings is 1. The second-order valence-corrected chi connectivity index (χ2v) is 4.89. The van der Waals surface area contributed by atoms with Crippen molar-refractivity contribution in [1.29, 1.82) is 0 Å². The highest BCUT2D eigenvalue weighted by atomic mass is 79.9. The molecule has 0 bridgehead atoms. The number of aryl methyl sites for hydroxylation is 1. The fourth-order valence-corrected chi connectivity index (χ4v) is 1.98. The molecular formula is C13H17BrO3. The molecule has 1 N–H and O–H groups in total. The Morgan fingerprint density at radius 1 is 1.35 bits per heavy atom. The predicted molar refractivity (Wildman–Crippen MR) is 70.7 cm³/mol. The van der Waals surface area contributed by atoms with Crippen LogP contribution in [0.4, 0.5) is 0 Å². The molecule has 0 aliphatic rings. The number of hydrogen-bond donors (Lipinski definition) is 1. The van der Waals surface area contributed by atoms with Crippen LogP contribution in [0.25, 0.3) is 0 Å². The van der Waals surface area contributed by atoms with Crippen LogP contribution in [0.2, 0.25) is 0 Å². The van der Waals surface area contributed by atoms with Gasteiger partial charge in [-0.3, -0.25) is 4.79 Å². The highest BCUT2D eigenvalue weighted by Gasteiger charge is 2.09. The monoisotopic (exact) mass is 300 g/mol. The lowest BCUT2D eigenvalue weighted by molar-refractivity contribution is -0.137. The summed E-state index contributed by atoms with van der Waals surface area (Å²) in [4.78, 5) is 10.4. The van der Waals surface area contributed by atoms with Gasteiger partial charge in [-0.25, -0.2) is 0 Å². The summed E-state index contributed by atoms with van der Waals surface area (Å²) < 4.78 is 6.72. The average Bonchev–Trinajstić information content (AvgIpc) is 2.27. The first-order valence-electron chi connectivity index (χ1n) is 5.54. The van der Waals surface area contributed by atoms with Gasteiger partial charge in [0.1, 0.15) is 5.75 Å². The topological polar surface area (TPSA) is 46.5 Å². The molecule has 17 heavy (non-hydrogen) atoms. The fraction of sp³-hybridized carbons (Fsp3) is 0.462. The molecule has 1 rings (SSSR count). The molecule has 0 spiro atoms. The third kappa shape index (κ3) is 3.73. The number of rotatable bonds is 5. The normalized spacial score (nSPS) is 10.4. The summed E-state index contributed by atoms with van der Waals surface area (Å²) in [6.07, 6.45) is 0.677. The van der Waals surface area contributed by atoms with Crippen molar-refractivity contribution in [3.8, 4) is 5.75 Å². The Morgan fingerprint density at radius 3 is 2.59 bits per heavy atom. The first-order valence-corrected chi connectivity index (χ1v) is 6.33. The van der Waals surface area contributed by atoms with Crippen molar-refractivity contribution in [2.75, 3.05) is 6.61 Å². The first-order chi connectivity index (χ1) is 7.93. The number of aliphatic carboxylic acids is 1. The van der Waals surface area contributed by atoms with Crippen molar-refractivity contribution < 1.29 is 14.6 Å². The van der Waals surface area contributed by atoms with E-state index in [4.69, 9.17) is 9.84 Å². The van der Waals surface area contributed by atoms with E-state index >= 15 is 0 Å². The Bertz CT molecular complexity index is 427. The van der Waals surface area contributed by atoms with Gasteiger partial charge in [-0.2, -0.15) is 0 Å². The number of halogens is 1. The molecule has 0 radical (unpaired) electrons. The second-order valence-electron chi connectivity index (χ2n) is 4.10. The van der Waals surface area contributed by atoms with E-state index in [-0.39, 0.29) is 6.42 Å². The quantitative estimate of drug-likeness (QED) is 0.845. The Kier molecular flexibility index (Phi) is 5.00. The standard InChI is InChI=1S/C13H17BrO3/c1-8-7-11(9(2)10(3)13(8)14)17-6-4-5-12(15)16/h7H,4-6H2,1-3H3,(H,15,16). The van der Waals surface area contributed by atoms with Crippen LogP contribution in [0, 0.1) is 20.8 Å². The Hall–Kier alpha value is -1.03. The minimum Gasteiger partial charge on any atom is -0.493 e. The Morgan fingerprint density at radius 2 is 2.00 bits per heavy atom. The number of ether oxygens (including phenoxy) is 1. The third-order valence-electron chi connectivity index (χ3n) is 2.75. The summed E-state index contributed by atoms with van der Waals surface area (Å²) in [5, 5.41) is 8.53. The van der Waals surface area contributed by atoms with Crippen LogP contribution in [0.3, 0.4) is 0 Å². The summed E-state index contributed by atoms with van der Waals surface area (Å²) in [6.45, 7) is 6.50. The average molecular weight is 301 g/mol. The fourth-order valence-electron chi connectivity index (χ4n) is 1.57. The van der Waals surface area contributed by atoms with E-state index in [1.165, 1.54) is 5.56 Å². The maximum absolute atomic E-state index is 10.4. The highest BCUT2D eigenvalue weighted by molar-refractivity contribution is 9.10. The molecule has 0 aromatic heterocycles. The van der Waals surface area contributed by atoms with Crippen molar-refractivity contribution in [1.82, 2.24) is 0 Å². The summed E-state index contributed by atoms with van der Waals surface area (Å²) >= 11 is 3.53. The molecule has 0 unspecified atom stereocenters. The lowest BCUT2D eigenvalue weighted by Gasteiger charge is -2.14. The maximum atomic E-state index is 10.4. The van der Waals surface area contributed by atoms with Crippen LogP contribution >= 0.6 is 15.9 Å². The highest BCUT2D eigenvalue weighted by Crippen LogP contribution is 2.31. The van der Waals surface area contributed by atoms with Gasteiger partial charge in [-0.05, 0) is 49.9 Å². The smallest absolute Gasteiger partial charge is 0.303 e. The molecule has 1 aromatic rings. The van der Waals surface area contributed by atoms with E-state index in [1.54, 1.807) is 0 Å². The van der Waals surface area contributed by atoms with Gasteiger partial charge in [0.25, 0.3) is 0 Å². The van der Waals surface area contributed by atoms with Crippen LogP contribution in [0.1, 0.15) is 29.5 Å². The molecule has 0 saturated carbocycles. The molecule has 0 amide bonds. The van der Waals surface area contributed by atoms with E-state index in [0.29, 0.717) is 13.0 Å². The lowest BCUT2D eigenvalue weighted by Crippen LogP contribution is -2.04. The summed E-state index contributed by atoms with van der Waals surface area (Å²) in [5.74, 6) is 0.0575. The Labute approximate surface area is 110 Å². The van der Waals surface area contributed by atoms with Gasteiger partial charge in [0.05, 0.1) is 6.61 Å². The summed E-state index contributed by atoms with van der Waals surface area (Å²) in [6, 6.07) is 1.98. The van der Waals surface area contributed by atoms with E-state index in [1.807, 2.05) is 26.8 Å². The van der Waals surface area contributed by atoms with Gasteiger partial charge >= 0.3 is 5.97 Å². The molecule has 94 valence electrons. The molecule has 0 saturated heterocycles. The number of carboxylic acids is 1. The van der Waals surface area contributed by atoms with E-state index in [9.17, 15) is 4.79 Å². The molecule has 0 fully saturated rings. The van der Waals surface area contributed by atoms with Crippen LogP contribution in [0.15, 0.2) is 10.5 Å². The zero-order valence-corrected chi connectivity index (χ0v) is 11.9. The maximum Gasteiger partial charge on any atom is 0.303 e. The van der Waals surface area contributed by atoms with Crippen LogP contribution < -0.4 is 4.74 Å². The number of hydrogen-bond acceptors (Lipinski definition) is 2. The molecule has 0 aliphatic carbocycles. The van der Waals surface area contributed by atoms with Gasteiger partial charge in [-0.1, -0.05) is 15.9 Å². The molecule has 0 heterocycles. The third-order valence-corrected chi connectivity index (χ3v) is 3.97. The molecule has 1 aromatic carbocycles. The van der Waals surface area contributed by atoms with Crippen molar-refractivity contribution in [3.63, 3.8) is 0 Å². The number of carboxylic acid groups (broad SMARTS) is 1. The van der Waals surface area contributed by atoms with Gasteiger partial charge in [0.2, 0.25) is 0 Å². The second kappa shape index (κ2) is 6.05.